The molecule has 0 aliphatic heterocycles. The van der Waals surface area contributed by atoms with E-state index in [2.05, 4.69) is 0 Å². The number of rotatable bonds is 4. The molecule has 1 aromatic carbocycles. The summed E-state index contributed by atoms with van der Waals surface area (Å²) in [6.07, 6.45) is 1.59. The second-order valence-corrected chi connectivity index (χ2v) is 4.69. The zero-order valence-corrected chi connectivity index (χ0v) is 10.4. The average Bonchev–Trinajstić information content (AvgIpc) is 2.72. The fraction of sp³-hybridized carbons (Fsp3) is 0.167. The number of hydrogen-bond donors (Lipinski definition) is 0. The van der Waals surface area contributed by atoms with Gasteiger partial charge in [0.1, 0.15) is 5.76 Å². The lowest BCUT2D eigenvalue weighted by atomic mass is 10.2. The van der Waals surface area contributed by atoms with Gasteiger partial charge in [-0.25, -0.2) is 0 Å². The number of nitro groups is 1. The first-order valence-electron chi connectivity index (χ1n) is 5.17. The summed E-state index contributed by atoms with van der Waals surface area (Å²) < 4.78 is 18.5. The molecule has 4 nitrogen and oxygen atoms in total. The molecule has 1 aromatic heterocycles. The van der Waals surface area contributed by atoms with Crippen LogP contribution in [0.5, 0.6) is 0 Å². The third-order valence-electron chi connectivity index (χ3n) is 2.41. The molecule has 94 valence electrons. The molecule has 0 radical (unpaired) electrons. The molecule has 0 saturated carbocycles. The van der Waals surface area contributed by atoms with E-state index < -0.39 is 16.4 Å². The van der Waals surface area contributed by atoms with Crippen molar-refractivity contribution in [2.24, 2.45) is 0 Å². The van der Waals surface area contributed by atoms with Crippen molar-refractivity contribution >= 4 is 17.4 Å². The summed E-state index contributed by atoms with van der Waals surface area (Å²) in [7, 11) is 0. The quantitative estimate of drug-likeness (QED) is 0.478. The Labute approximate surface area is 107 Å². The van der Waals surface area contributed by atoms with E-state index in [0.717, 1.165) is 10.7 Å². The molecular weight excluding hydrogens is 257 g/mol. The number of nitro benzene ring substituents is 1. The molecule has 0 unspecified atom stereocenters. The maximum absolute atomic E-state index is 13.4. The molecular formula is C12H10FNO3S. The third-order valence-corrected chi connectivity index (χ3v) is 3.63. The molecule has 0 amide bonds. The van der Waals surface area contributed by atoms with Crippen molar-refractivity contribution in [3.8, 4) is 0 Å². The Morgan fingerprint density at radius 1 is 1.44 bits per heavy atom. The molecule has 0 N–H and O–H groups in total. The van der Waals surface area contributed by atoms with Crippen LogP contribution in [-0.2, 0) is 5.75 Å². The van der Waals surface area contributed by atoms with Crippen LogP contribution in [0.1, 0.15) is 11.3 Å². The van der Waals surface area contributed by atoms with Gasteiger partial charge in [0, 0.05) is 16.7 Å². The summed E-state index contributed by atoms with van der Waals surface area (Å²) >= 11 is 1.50. The van der Waals surface area contributed by atoms with Crippen LogP contribution in [0, 0.1) is 22.9 Å². The van der Waals surface area contributed by atoms with Crippen LogP contribution >= 0.6 is 11.8 Å². The molecule has 18 heavy (non-hydrogen) atoms. The second kappa shape index (κ2) is 5.22. The molecule has 0 bridgehead atoms. The topological polar surface area (TPSA) is 56.3 Å². The van der Waals surface area contributed by atoms with Gasteiger partial charge in [-0.1, -0.05) is 6.07 Å². The Balaban J connectivity index is 2.09. The summed E-state index contributed by atoms with van der Waals surface area (Å²) in [5.74, 6) is 0.541. The lowest BCUT2D eigenvalue weighted by Gasteiger charge is -2.01. The van der Waals surface area contributed by atoms with Crippen LogP contribution in [0.4, 0.5) is 10.1 Å². The van der Waals surface area contributed by atoms with E-state index in [1.165, 1.54) is 23.9 Å². The van der Waals surface area contributed by atoms with Gasteiger partial charge in [-0.2, -0.15) is 4.39 Å². The molecule has 0 saturated heterocycles. The summed E-state index contributed by atoms with van der Waals surface area (Å²) in [4.78, 5) is 10.7. The van der Waals surface area contributed by atoms with E-state index in [9.17, 15) is 14.5 Å². The first-order valence-corrected chi connectivity index (χ1v) is 6.16. The maximum atomic E-state index is 13.4. The molecule has 0 atom stereocenters. The number of hydrogen-bond acceptors (Lipinski definition) is 4. The Hall–Kier alpha value is -1.82. The fourth-order valence-electron chi connectivity index (χ4n) is 1.47. The van der Waals surface area contributed by atoms with E-state index in [-0.39, 0.29) is 0 Å². The minimum Gasteiger partial charge on any atom is -0.468 e. The van der Waals surface area contributed by atoms with Crippen molar-refractivity contribution in [1.82, 2.24) is 0 Å². The van der Waals surface area contributed by atoms with Crippen molar-refractivity contribution < 1.29 is 13.7 Å². The highest BCUT2D eigenvalue weighted by molar-refractivity contribution is 7.98. The monoisotopic (exact) mass is 267 g/mol. The number of nitrogens with zero attached hydrogens (tertiary/aromatic N) is 1. The summed E-state index contributed by atoms with van der Waals surface area (Å²) in [5, 5.41) is 10.5. The summed E-state index contributed by atoms with van der Waals surface area (Å²) in [6, 6.07) is 5.78. The fourth-order valence-corrected chi connectivity index (χ4v) is 2.38. The predicted molar refractivity (Wildman–Crippen MR) is 66.1 cm³/mol. The molecule has 0 aliphatic rings. The first-order chi connectivity index (χ1) is 8.58. The van der Waals surface area contributed by atoms with Gasteiger partial charge in [-0.15, -0.1) is 11.8 Å². The van der Waals surface area contributed by atoms with Gasteiger partial charge in [0.05, 0.1) is 11.2 Å². The van der Waals surface area contributed by atoms with Crippen LogP contribution in [-0.4, -0.2) is 4.92 Å². The lowest BCUT2D eigenvalue weighted by molar-refractivity contribution is -0.387. The minimum absolute atomic E-state index is 0.497. The first kappa shape index (κ1) is 12.6. The van der Waals surface area contributed by atoms with Crippen molar-refractivity contribution in [3.05, 3.63) is 57.8 Å². The van der Waals surface area contributed by atoms with E-state index in [1.54, 1.807) is 12.3 Å². The summed E-state index contributed by atoms with van der Waals surface area (Å²) in [5.41, 5.74) is 0.201. The number of halogens is 1. The van der Waals surface area contributed by atoms with Gasteiger partial charge in [0.2, 0.25) is 5.82 Å². The van der Waals surface area contributed by atoms with Crippen LogP contribution in [0.25, 0.3) is 0 Å². The van der Waals surface area contributed by atoms with Crippen molar-refractivity contribution in [2.45, 2.75) is 17.6 Å². The highest BCUT2D eigenvalue weighted by Crippen LogP contribution is 2.28. The van der Waals surface area contributed by atoms with Gasteiger partial charge in [-0.05, 0) is 24.6 Å². The van der Waals surface area contributed by atoms with Crippen molar-refractivity contribution in [3.63, 3.8) is 0 Å². The average molecular weight is 267 g/mol. The van der Waals surface area contributed by atoms with Gasteiger partial charge >= 0.3 is 5.69 Å². The molecule has 0 spiro atoms. The zero-order valence-electron chi connectivity index (χ0n) is 9.55. The number of benzene rings is 1. The Morgan fingerprint density at radius 2 is 2.22 bits per heavy atom. The minimum atomic E-state index is -0.804. The lowest BCUT2D eigenvalue weighted by Crippen LogP contribution is -1.93. The van der Waals surface area contributed by atoms with Crippen molar-refractivity contribution in [1.29, 1.82) is 0 Å². The molecule has 2 rings (SSSR count). The molecule has 0 aliphatic carbocycles. The standard InChI is InChI=1S/C12H10FNO3S/c1-8-12(4-5-17-8)18-7-9-2-3-11(14(15)16)10(13)6-9/h2-6H,7H2,1H3. The Morgan fingerprint density at radius 3 is 2.78 bits per heavy atom. The van der Waals surface area contributed by atoms with E-state index in [0.29, 0.717) is 11.3 Å². The Kier molecular flexibility index (Phi) is 3.66. The zero-order chi connectivity index (χ0) is 13.1. The van der Waals surface area contributed by atoms with Gasteiger partial charge in [-0.3, -0.25) is 10.1 Å². The summed E-state index contributed by atoms with van der Waals surface area (Å²) in [6.45, 7) is 1.85. The van der Waals surface area contributed by atoms with Gasteiger partial charge in [0.25, 0.3) is 0 Å². The molecule has 0 fully saturated rings. The molecule has 6 heteroatoms. The van der Waals surface area contributed by atoms with Crippen LogP contribution in [0.15, 0.2) is 39.8 Å². The van der Waals surface area contributed by atoms with E-state index in [1.807, 2.05) is 13.0 Å². The number of thioether (sulfide) groups is 1. The number of aryl methyl sites for hydroxylation is 1. The second-order valence-electron chi connectivity index (χ2n) is 3.67. The maximum Gasteiger partial charge on any atom is 0.304 e. The predicted octanol–water partition coefficient (Wildman–Crippen LogP) is 3.93. The van der Waals surface area contributed by atoms with Crippen LogP contribution in [0.2, 0.25) is 0 Å². The number of furan rings is 1. The SMILES string of the molecule is Cc1occc1SCc1ccc([N+](=O)[O-])c(F)c1. The van der Waals surface area contributed by atoms with Crippen LogP contribution < -0.4 is 0 Å². The Bertz CT molecular complexity index is 582. The normalized spacial score (nSPS) is 10.6. The largest absolute Gasteiger partial charge is 0.468 e. The van der Waals surface area contributed by atoms with Gasteiger partial charge in [0.15, 0.2) is 0 Å². The molecule has 1 heterocycles. The smallest absolute Gasteiger partial charge is 0.304 e. The van der Waals surface area contributed by atoms with E-state index in [4.69, 9.17) is 4.42 Å². The van der Waals surface area contributed by atoms with Gasteiger partial charge < -0.3 is 4.42 Å². The van der Waals surface area contributed by atoms with Crippen molar-refractivity contribution in [2.75, 3.05) is 0 Å². The molecule has 2 aromatic rings. The van der Waals surface area contributed by atoms with Crippen LogP contribution in [0.3, 0.4) is 0 Å². The highest BCUT2D eigenvalue weighted by Gasteiger charge is 2.13. The highest BCUT2D eigenvalue weighted by atomic mass is 32.2. The van der Waals surface area contributed by atoms with E-state index >= 15 is 0 Å². The third kappa shape index (κ3) is 2.70.